The van der Waals surface area contributed by atoms with Gasteiger partial charge in [-0.2, -0.15) is 0 Å². The van der Waals surface area contributed by atoms with Crippen molar-refractivity contribution in [2.24, 2.45) is 5.92 Å². The SMILES string of the molecule is CC(C)C[SH](=S)(I)I. The minimum atomic E-state index is -0.949. The standard InChI is InChI=1S/C4H10I2S2/c1-4(2)3-8(5,6)7/h4,8H,3H2,1-2H3. The van der Waals surface area contributed by atoms with Gasteiger partial charge in [0, 0.05) is 0 Å². The van der Waals surface area contributed by atoms with E-state index in [1.54, 1.807) is 0 Å². The molecule has 0 aromatic carbocycles. The van der Waals surface area contributed by atoms with Crippen LogP contribution in [-0.4, -0.2) is 5.75 Å². The highest BCUT2D eigenvalue weighted by atomic mass is 127. The van der Waals surface area contributed by atoms with Crippen LogP contribution in [0.2, 0.25) is 0 Å². The zero-order valence-electron chi connectivity index (χ0n) is 4.90. The lowest BCUT2D eigenvalue weighted by Gasteiger charge is -2.12. The summed E-state index contributed by atoms with van der Waals surface area (Å²) in [4.78, 5) is 0. The molecule has 0 rings (SSSR count). The lowest BCUT2D eigenvalue weighted by Crippen LogP contribution is -2.02. The Kier molecular flexibility index (Phi) is 5.04. The molecule has 0 fully saturated rings. The molecule has 0 amide bonds. The van der Waals surface area contributed by atoms with Crippen LogP contribution in [-0.2, 0) is 14.1 Å². The molecule has 0 nitrogen and oxygen atoms in total. The van der Waals surface area contributed by atoms with Gasteiger partial charge in [-0.05, 0) is 54.1 Å². The average molecular weight is 376 g/mol. The quantitative estimate of drug-likeness (QED) is 0.440. The maximum Gasteiger partial charge on any atom is -0.00168 e. The molecule has 8 heavy (non-hydrogen) atoms. The average Bonchev–Trinajstić information content (AvgIpc) is 1.21. The first-order valence-corrected chi connectivity index (χ1v) is 11.0. The number of hydrogen-bond acceptors (Lipinski definition) is 1. The minimum Gasteiger partial charge on any atom is -0.111 e. The molecule has 0 saturated heterocycles. The predicted molar refractivity (Wildman–Crippen MR) is 63.9 cm³/mol. The number of thiol groups is 1. The summed E-state index contributed by atoms with van der Waals surface area (Å²) in [6, 6.07) is 0. The Morgan fingerprint density at radius 2 is 1.88 bits per heavy atom. The van der Waals surface area contributed by atoms with Gasteiger partial charge in [0.15, 0.2) is 0 Å². The zero-order chi connectivity index (χ0) is 6.78. The summed E-state index contributed by atoms with van der Waals surface area (Å²) < 4.78 is -0.949. The molecule has 0 aliphatic heterocycles. The van der Waals surface area contributed by atoms with Crippen LogP contribution in [0.15, 0.2) is 0 Å². The van der Waals surface area contributed by atoms with Gasteiger partial charge in [0.2, 0.25) is 0 Å². The first-order valence-electron chi connectivity index (χ1n) is 2.40. The van der Waals surface area contributed by atoms with E-state index in [-0.39, 0.29) is 0 Å². The molecule has 0 atom stereocenters. The van der Waals surface area contributed by atoms with Crippen LogP contribution in [0.25, 0.3) is 0 Å². The van der Waals surface area contributed by atoms with E-state index in [4.69, 9.17) is 11.2 Å². The highest BCUT2D eigenvalue weighted by Gasteiger charge is 2.02. The first-order chi connectivity index (χ1) is 3.42. The van der Waals surface area contributed by atoms with E-state index in [0.717, 1.165) is 5.92 Å². The van der Waals surface area contributed by atoms with Gasteiger partial charge in [0.1, 0.15) is 0 Å². The summed E-state index contributed by atoms with van der Waals surface area (Å²) in [5.41, 5.74) is 0. The minimum absolute atomic E-state index is 0.773. The molecule has 0 aliphatic carbocycles. The Bertz CT molecular complexity index is 105. The third-order valence-corrected chi connectivity index (χ3v) is 4.54. The Morgan fingerprint density at radius 3 is 1.88 bits per heavy atom. The lowest BCUT2D eigenvalue weighted by molar-refractivity contribution is 0.751. The molecule has 0 heterocycles. The van der Waals surface area contributed by atoms with Crippen molar-refractivity contribution in [3.05, 3.63) is 0 Å². The van der Waals surface area contributed by atoms with E-state index in [9.17, 15) is 0 Å². The van der Waals surface area contributed by atoms with Crippen LogP contribution in [0.3, 0.4) is 0 Å². The fraction of sp³-hybridized carbons (Fsp3) is 1.00. The Morgan fingerprint density at radius 1 is 1.50 bits per heavy atom. The van der Waals surface area contributed by atoms with Crippen LogP contribution in [0.1, 0.15) is 13.8 Å². The molecule has 0 bridgehead atoms. The van der Waals surface area contributed by atoms with Crippen molar-refractivity contribution in [3.63, 3.8) is 0 Å². The molecule has 0 radical (unpaired) electrons. The van der Waals surface area contributed by atoms with Gasteiger partial charge in [-0.15, -0.1) is 2.93 Å². The first kappa shape index (κ1) is 10.0. The number of hydrogen-bond donors (Lipinski definition) is 1. The Labute approximate surface area is 80.9 Å². The third kappa shape index (κ3) is 8.03. The van der Waals surface area contributed by atoms with Crippen molar-refractivity contribution in [1.29, 1.82) is 0 Å². The van der Waals surface area contributed by atoms with E-state index in [0.29, 0.717) is 0 Å². The molecule has 0 spiro atoms. The molecule has 52 valence electrons. The normalized spacial score (nSPS) is 14.6. The topological polar surface area (TPSA) is 0 Å². The van der Waals surface area contributed by atoms with Crippen molar-refractivity contribution in [3.8, 4) is 0 Å². The van der Waals surface area contributed by atoms with E-state index in [2.05, 4.69) is 56.3 Å². The number of rotatable bonds is 2. The Balaban J connectivity index is 3.56. The van der Waals surface area contributed by atoms with Gasteiger partial charge in [0.25, 0.3) is 0 Å². The second kappa shape index (κ2) is 4.02. The van der Waals surface area contributed by atoms with E-state index in [1.807, 2.05) is 0 Å². The van der Waals surface area contributed by atoms with Crippen LogP contribution in [0, 0.1) is 5.92 Å². The fourth-order valence-corrected chi connectivity index (χ4v) is 6.90. The van der Waals surface area contributed by atoms with Crippen molar-refractivity contribution >= 4 is 56.5 Å². The zero-order valence-corrected chi connectivity index (χ0v) is 10.9. The summed E-state index contributed by atoms with van der Waals surface area (Å²) in [5.74, 6) is 2.00. The molecule has 0 N–H and O–H groups in total. The van der Waals surface area contributed by atoms with Crippen molar-refractivity contribution in [2.75, 3.05) is 5.75 Å². The molecule has 0 aromatic heterocycles. The van der Waals surface area contributed by atoms with Crippen molar-refractivity contribution in [2.45, 2.75) is 13.8 Å². The fourth-order valence-electron chi connectivity index (χ4n) is 0.425. The summed E-state index contributed by atoms with van der Waals surface area (Å²) in [6.45, 7) is 4.44. The molecule has 4 heteroatoms. The number of halogens is 2. The second-order valence-corrected chi connectivity index (χ2v) is 24.9. The molecule has 0 aliphatic rings. The summed E-state index contributed by atoms with van der Waals surface area (Å²) in [7, 11) is 0. The Hall–Kier alpha value is 2.03. The van der Waals surface area contributed by atoms with Gasteiger partial charge in [-0.3, -0.25) is 0 Å². The highest BCUT2D eigenvalue weighted by Crippen LogP contribution is 2.26. The molecule has 0 aromatic rings. The van der Waals surface area contributed by atoms with Crippen molar-refractivity contribution < 1.29 is 0 Å². The van der Waals surface area contributed by atoms with Gasteiger partial charge in [-0.1, -0.05) is 25.0 Å². The summed E-state index contributed by atoms with van der Waals surface area (Å²) in [6.07, 6.45) is 0. The highest BCUT2D eigenvalue weighted by molar-refractivity contribution is 14.3. The van der Waals surface area contributed by atoms with E-state index in [1.165, 1.54) is 5.75 Å². The van der Waals surface area contributed by atoms with E-state index < -0.39 is 2.93 Å². The van der Waals surface area contributed by atoms with Crippen LogP contribution >= 0.6 is 42.4 Å². The molecular formula is C4H10I2S2. The molecule has 0 unspecified atom stereocenters. The maximum absolute atomic E-state index is 5.25. The smallest absolute Gasteiger partial charge is 0.00168 e. The monoisotopic (exact) mass is 376 g/mol. The predicted octanol–water partition coefficient (Wildman–Crippen LogP) is 2.69. The molecular weight excluding hydrogens is 366 g/mol. The second-order valence-electron chi connectivity index (χ2n) is 2.15. The lowest BCUT2D eigenvalue weighted by atomic mass is 10.3. The molecule has 0 saturated carbocycles. The van der Waals surface area contributed by atoms with Crippen molar-refractivity contribution in [1.82, 2.24) is 0 Å². The van der Waals surface area contributed by atoms with Gasteiger partial charge in [-0.25, -0.2) is 0 Å². The van der Waals surface area contributed by atoms with Crippen LogP contribution < -0.4 is 0 Å². The summed E-state index contributed by atoms with van der Waals surface area (Å²) >= 11 is 10.1. The van der Waals surface area contributed by atoms with Crippen LogP contribution in [0.4, 0.5) is 0 Å². The van der Waals surface area contributed by atoms with Gasteiger partial charge in [0.05, 0.1) is 0 Å². The third-order valence-electron chi connectivity index (χ3n) is 0.578. The largest absolute Gasteiger partial charge is 0.111 e. The summed E-state index contributed by atoms with van der Waals surface area (Å²) in [5, 5.41) is 0. The van der Waals surface area contributed by atoms with E-state index >= 15 is 0 Å². The maximum atomic E-state index is 5.25. The van der Waals surface area contributed by atoms with Gasteiger partial charge >= 0.3 is 0 Å². The van der Waals surface area contributed by atoms with Crippen LogP contribution in [0.5, 0.6) is 0 Å². The van der Waals surface area contributed by atoms with Gasteiger partial charge < -0.3 is 0 Å².